The van der Waals surface area contributed by atoms with Gasteiger partial charge in [0, 0.05) is 24.6 Å². The van der Waals surface area contributed by atoms with E-state index < -0.39 is 6.04 Å². The Morgan fingerprint density at radius 1 is 1.35 bits per heavy atom. The summed E-state index contributed by atoms with van der Waals surface area (Å²) in [6.07, 6.45) is 2.05. The molecule has 3 unspecified atom stereocenters. The van der Waals surface area contributed by atoms with Crippen LogP contribution >= 0.6 is 12.4 Å². The zero-order valence-corrected chi connectivity index (χ0v) is 16.5. The van der Waals surface area contributed by atoms with Crippen molar-refractivity contribution in [2.45, 2.75) is 58.2 Å². The molecule has 2 amide bonds. The smallest absolute Gasteiger partial charge is 0.222 e. The van der Waals surface area contributed by atoms with Crippen LogP contribution in [0.5, 0.6) is 5.75 Å². The molecule has 0 spiro atoms. The highest BCUT2D eigenvalue weighted by Gasteiger charge is 2.24. The van der Waals surface area contributed by atoms with Crippen LogP contribution in [0.1, 0.15) is 51.6 Å². The second kappa shape index (κ2) is 11.0. The highest BCUT2D eigenvalue weighted by molar-refractivity contribution is 5.85. The van der Waals surface area contributed by atoms with E-state index in [4.69, 9.17) is 4.74 Å². The topological polar surface area (TPSA) is 79.5 Å². The molecule has 26 heavy (non-hydrogen) atoms. The van der Waals surface area contributed by atoms with Gasteiger partial charge in [0.25, 0.3) is 0 Å². The number of ether oxygens (including phenoxy) is 1. The Kier molecular flexibility index (Phi) is 9.44. The monoisotopic (exact) mass is 383 g/mol. The number of amides is 2. The van der Waals surface area contributed by atoms with Gasteiger partial charge in [-0.05, 0) is 39.3 Å². The number of rotatable bonds is 7. The third-order valence-corrected chi connectivity index (χ3v) is 4.35. The Balaban J connectivity index is 0.00000338. The van der Waals surface area contributed by atoms with Crippen LogP contribution in [0, 0.1) is 0 Å². The molecule has 1 aromatic rings. The summed E-state index contributed by atoms with van der Waals surface area (Å²) in [5.74, 6) is 0.482. The third-order valence-electron chi connectivity index (χ3n) is 4.35. The number of halogens is 1. The Morgan fingerprint density at radius 3 is 2.73 bits per heavy atom. The minimum Gasteiger partial charge on any atom is -0.494 e. The van der Waals surface area contributed by atoms with Crippen LogP contribution < -0.4 is 20.7 Å². The minimum absolute atomic E-state index is 0. The lowest BCUT2D eigenvalue weighted by atomic mass is 9.99. The van der Waals surface area contributed by atoms with Crippen molar-refractivity contribution in [2.24, 2.45) is 0 Å². The van der Waals surface area contributed by atoms with Crippen LogP contribution in [-0.4, -0.2) is 37.0 Å². The maximum atomic E-state index is 12.5. The van der Waals surface area contributed by atoms with Gasteiger partial charge in [0.05, 0.1) is 19.1 Å². The fourth-order valence-electron chi connectivity index (χ4n) is 3.27. The average Bonchev–Trinajstić information content (AvgIpc) is 2.54. The van der Waals surface area contributed by atoms with E-state index in [0.29, 0.717) is 18.4 Å². The molecule has 3 N–H and O–H groups in total. The molecule has 6 nitrogen and oxygen atoms in total. The molecular formula is C19H30ClN3O3. The molecule has 1 heterocycles. The molecule has 1 aliphatic rings. The normalized spacial score (nSPS) is 20.4. The summed E-state index contributed by atoms with van der Waals surface area (Å²) in [7, 11) is 0. The van der Waals surface area contributed by atoms with Crippen molar-refractivity contribution in [3.05, 3.63) is 29.8 Å². The van der Waals surface area contributed by atoms with Crippen LogP contribution in [0.3, 0.4) is 0 Å². The maximum Gasteiger partial charge on any atom is 0.222 e. The predicted octanol–water partition coefficient (Wildman–Crippen LogP) is 2.33. The largest absolute Gasteiger partial charge is 0.494 e. The Bertz CT molecular complexity index is 597. The number of carbonyl (C=O) groups excluding carboxylic acids is 2. The zero-order chi connectivity index (χ0) is 18.2. The van der Waals surface area contributed by atoms with E-state index >= 15 is 0 Å². The molecule has 0 bridgehead atoms. The van der Waals surface area contributed by atoms with E-state index in [1.165, 1.54) is 6.92 Å². The highest BCUT2D eigenvalue weighted by atomic mass is 35.5. The lowest BCUT2D eigenvalue weighted by molar-refractivity contribution is -0.123. The first-order valence-electron chi connectivity index (χ1n) is 9.01. The average molecular weight is 384 g/mol. The van der Waals surface area contributed by atoms with Crippen LogP contribution in [0.15, 0.2) is 24.3 Å². The summed E-state index contributed by atoms with van der Waals surface area (Å²) in [6, 6.07) is 7.72. The highest BCUT2D eigenvalue weighted by Crippen LogP contribution is 2.27. The van der Waals surface area contributed by atoms with Crippen molar-refractivity contribution >= 4 is 24.2 Å². The first-order valence-corrected chi connectivity index (χ1v) is 9.01. The lowest BCUT2D eigenvalue weighted by Crippen LogP contribution is -2.47. The molecule has 2 rings (SSSR count). The summed E-state index contributed by atoms with van der Waals surface area (Å²) < 4.78 is 5.65. The van der Waals surface area contributed by atoms with Gasteiger partial charge in [-0.25, -0.2) is 0 Å². The molecule has 0 aromatic heterocycles. The van der Waals surface area contributed by atoms with Crippen molar-refractivity contribution in [3.63, 3.8) is 0 Å². The number of hydrogen-bond donors (Lipinski definition) is 3. The van der Waals surface area contributed by atoms with Crippen molar-refractivity contribution in [1.29, 1.82) is 0 Å². The van der Waals surface area contributed by atoms with Crippen LogP contribution in [0.25, 0.3) is 0 Å². The number of nitrogens with one attached hydrogen (secondary N) is 3. The van der Waals surface area contributed by atoms with Crippen LogP contribution in [0.2, 0.25) is 0 Å². The Labute approximate surface area is 161 Å². The van der Waals surface area contributed by atoms with E-state index in [1.807, 2.05) is 31.2 Å². The fourth-order valence-corrected chi connectivity index (χ4v) is 3.27. The van der Waals surface area contributed by atoms with Gasteiger partial charge < -0.3 is 20.7 Å². The molecule has 1 fully saturated rings. The molecule has 1 aromatic carbocycles. The lowest BCUT2D eigenvalue weighted by Gasteiger charge is -2.29. The molecule has 1 aliphatic heterocycles. The predicted molar refractivity (Wildman–Crippen MR) is 105 cm³/mol. The van der Waals surface area contributed by atoms with Gasteiger partial charge in [-0.1, -0.05) is 18.2 Å². The molecule has 3 atom stereocenters. The van der Waals surface area contributed by atoms with E-state index in [0.717, 1.165) is 24.9 Å². The van der Waals surface area contributed by atoms with E-state index in [2.05, 4.69) is 22.9 Å². The number of hydrogen-bond acceptors (Lipinski definition) is 4. The quantitative estimate of drug-likeness (QED) is 0.675. The summed E-state index contributed by atoms with van der Waals surface area (Å²) in [5.41, 5.74) is 0.827. The van der Waals surface area contributed by atoms with E-state index in [-0.39, 0.29) is 36.7 Å². The second-order valence-corrected chi connectivity index (χ2v) is 6.57. The van der Waals surface area contributed by atoms with Crippen LogP contribution in [-0.2, 0) is 9.59 Å². The Morgan fingerprint density at radius 2 is 2.08 bits per heavy atom. The summed E-state index contributed by atoms with van der Waals surface area (Å²) >= 11 is 0. The summed E-state index contributed by atoms with van der Waals surface area (Å²) in [4.78, 5) is 24.1. The van der Waals surface area contributed by atoms with Crippen LogP contribution in [0.4, 0.5) is 0 Å². The second-order valence-electron chi connectivity index (χ2n) is 6.57. The third kappa shape index (κ3) is 6.84. The van der Waals surface area contributed by atoms with Crippen molar-refractivity contribution < 1.29 is 14.3 Å². The molecule has 7 heteroatoms. The first kappa shape index (κ1) is 22.3. The number of piperidine rings is 1. The van der Waals surface area contributed by atoms with Gasteiger partial charge in [-0.3, -0.25) is 9.59 Å². The van der Waals surface area contributed by atoms with Gasteiger partial charge in [-0.2, -0.15) is 0 Å². The standard InChI is InChI=1S/C19H29N3O3.ClH/c1-4-25-18-8-6-5-7-16(18)17(21-14(3)23)12-19(24)22-15-9-10-20-13(2)11-15;/h5-8,13,15,17,20H,4,9-12H2,1-3H3,(H,21,23)(H,22,24);1H. The van der Waals surface area contributed by atoms with Gasteiger partial charge >= 0.3 is 0 Å². The molecule has 1 saturated heterocycles. The molecule has 0 aliphatic carbocycles. The van der Waals surface area contributed by atoms with Gasteiger partial charge in [-0.15, -0.1) is 12.4 Å². The molecule has 146 valence electrons. The Hall–Kier alpha value is -1.79. The van der Waals surface area contributed by atoms with Gasteiger partial charge in [0.15, 0.2) is 0 Å². The van der Waals surface area contributed by atoms with Gasteiger partial charge in [0.1, 0.15) is 5.75 Å². The van der Waals surface area contributed by atoms with Crippen molar-refractivity contribution in [1.82, 2.24) is 16.0 Å². The number of para-hydroxylation sites is 1. The van der Waals surface area contributed by atoms with E-state index in [9.17, 15) is 9.59 Å². The van der Waals surface area contributed by atoms with Crippen molar-refractivity contribution in [2.75, 3.05) is 13.2 Å². The van der Waals surface area contributed by atoms with Crippen molar-refractivity contribution in [3.8, 4) is 5.75 Å². The molecule has 0 saturated carbocycles. The number of carbonyl (C=O) groups is 2. The van der Waals surface area contributed by atoms with Gasteiger partial charge in [0.2, 0.25) is 11.8 Å². The first-order chi connectivity index (χ1) is 12.0. The molecular weight excluding hydrogens is 354 g/mol. The zero-order valence-electron chi connectivity index (χ0n) is 15.7. The molecule has 0 radical (unpaired) electrons. The maximum absolute atomic E-state index is 12.5. The SMILES string of the molecule is CCOc1ccccc1C(CC(=O)NC1CCNC(C)C1)NC(C)=O.Cl. The summed E-state index contributed by atoms with van der Waals surface area (Å²) in [5, 5.41) is 9.36. The minimum atomic E-state index is -0.403. The summed E-state index contributed by atoms with van der Waals surface area (Å²) in [6.45, 7) is 6.94. The fraction of sp³-hybridized carbons (Fsp3) is 0.579. The number of benzene rings is 1. The van der Waals surface area contributed by atoms with E-state index in [1.54, 1.807) is 0 Å².